The number of benzene rings is 1. The van der Waals surface area contributed by atoms with Crippen molar-refractivity contribution < 1.29 is 0 Å². The molecule has 1 N–H and O–H groups in total. The van der Waals surface area contributed by atoms with Gasteiger partial charge in [-0.3, -0.25) is 0 Å². The third-order valence-corrected chi connectivity index (χ3v) is 2.61. The molecule has 1 heterocycles. The fraction of sp³-hybridized carbons (Fsp3) is 0.333. The molecule has 1 aromatic carbocycles. The summed E-state index contributed by atoms with van der Waals surface area (Å²) in [4.78, 5) is 0. The van der Waals surface area contributed by atoms with Crippen molar-refractivity contribution in [2.45, 2.75) is 13.5 Å². The summed E-state index contributed by atoms with van der Waals surface area (Å²) < 4.78 is 2.02. The third-order valence-electron chi connectivity index (χ3n) is 2.61. The quantitative estimate of drug-likeness (QED) is 0.845. The van der Waals surface area contributed by atoms with E-state index in [0.717, 1.165) is 23.8 Å². The predicted molar refractivity (Wildman–Crippen MR) is 63.9 cm³/mol. The summed E-state index contributed by atoms with van der Waals surface area (Å²) in [5, 5.41) is 11.4. The largest absolute Gasteiger partial charge is 0.313 e. The summed E-state index contributed by atoms with van der Waals surface area (Å²) in [5.74, 6) is 1.85. The molecule has 2 rings (SSSR count). The van der Waals surface area contributed by atoms with Crippen LogP contribution in [0.5, 0.6) is 0 Å². The summed E-state index contributed by atoms with van der Waals surface area (Å²) in [6.07, 6.45) is 0. The highest BCUT2D eigenvalue weighted by Crippen LogP contribution is 2.17. The van der Waals surface area contributed by atoms with Crippen molar-refractivity contribution in [3.05, 3.63) is 35.7 Å². The first-order valence-electron chi connectivity index (χ1n) is 5.32. The van der Waals surface area contributed by atoms with Gasteiger partial charge < -0.3 is 9.88 Å². The van der Waals surface area contributed by atoms with E-state index in [1.165, 1.54) is 5.56 Å². The Hall–Kier alpha value is -1.68. The smallest absolute Gasteiger partial charge is 0.163 e. The SMILES string of the molecule is CNCc1nnc(-c2ccc(C)cc2)n1C. The molecular formula is C12H16N4. The fourth-order valence-corrected chi connectivity index (χ4v) is 1.63. The van der Waals surface area contributed by atoms with Crippen LogP contribution in [0, 0.1) is 6.92 Å². The Morgan fingerprint density at radius 2 is 1.88 bits per heavy atom. The van der Waals surface area contributed by atoms with Gasteiger partial charge in [-0.25, -0.2) is 0 Å². The lowest BCUT2D eigenvalue weighted by atomic mass is 10.1. The van der Waals surface area contributed by atoms with Crippen molar-refractivity contribution in [3.8, 4) is 11.4 Å². The van der Waals surface area contributed by atoms with E-state index in [1.54, 1.807) is 0 Å². The van der Waals surface area contributed by atoms with Crippen molar-refractivity contribution in [2.75, 3.05) is 7.05 Å². The maximum atomic E-state index is 4.21. The lowest BCUT2D eigenvalue weighted by Crippen LogP contribution is -2.10. The Morgan fingerprint density at radius 3 is 2.50 bits per heavy atom. The van der Waals surface area contributed by atoms with Crippen LogP contribution in [0.2, 0.25) is 0 Å². The molecule has 0 saturated carbocycles. The minimum atomic E-state index is 0.732. The van der Waals surface area contributed by atoms with Crippen LogP contribution in [0.1, 0.15) is 11.4 Å². The van der Waals surface area contributed by atoms with E-state index in [2.05, 4.69) is 46.7 Å². The van der Waals surface area contributed by atoms with Crippen molar-refractivity contribution in [1.29, 1.82) is 0 Å². The molecular weight excluding hydrogens is 200 g/mol. The molecule has 2 aromatic rings. The lowest BCUT2D eigenvalue weighted by Gasteiger charge is -2.03. The van der Waals surface area contributed by atoms with Gasteiger partial charge >= 0.3 is 0 Å². The molecule has 0 spiro atoms. The number of aryl methyl sites for hydroxylation is 1. The number of hydrogen-bond donors (Lipinski definition) is 1. The molecule has 4 nitrogen and oxygen atoms in total. The van der Waals surface area contributed by atoms with Gasteiger partial charge in [0.15, 0.2) is 5.82 Å². The normalized spacial score (nSPS) is 10.7. The number of rotatable bonds is 3. The van der Waals surface area contributed by atoms with Crippen LogP contribution in [0.15, 0.2) is 24.3 Å². The van der Waals surface area contributed by atoms with Gasteiger partial charge in [0, 0.05) is 12.6 Å². The zero-order valence-electron chi connectivity index (χ0n) is 9.86. The highest BCUT2D eigenvalue weighted by Gasteiger charge is 2.09. The summed E-state index contributed by atoms with van der Waals surface area (Å²) in [6.45, 7) is 2.81. The van der Waals surface area contributed by atoms with Crippen LogP contribution in [0.4, 0.5) is 0 Å². The predicted octanol–water partition coefficient (Wildman–Crippen LogP) is 1.51. The molecule has 0 bridgehead atoms. The highest BCUT2D eigenvalue weighted by atomic mass is 15.3. The van der Waals surface area contributed by atoms with E-state index in [9.17, 15) is 0 Å². The molecule has 0 aliphatic carbocycles. The maximum Gasteiger partial charge on any atom is 0.163 e. The molecule has 16 heavy (non-hydrogen) atoms. The first-order chi connectivity index (χ1) is 7.72. The lowest BCUT2D eigenvalue weighted by molar-refractivity contribution is 0.709. The van der Waals surface area contributed by atoms with E-state index >= 15 is 0 Å². The molecule has 0 unspecified atom stereocenters. The van der Waals surface area contributed by atoms with E-state index < -0.39 is 0 Å². The molecule has 0 aliphatic rings. The van der Waals surface area contributed by atoms with E-state index in [-0.39, 0.29) is 0 Å². The summed E-state index contributed by atoms with van der Waals surface area (Å²) in [5.41, 5.74) is 2.35. The van der Waals surface area contributed by atoms with Crippen LogP contribution >= 0.6 is 0 Å². The van der Waals surface area contributed by atoms with Crippen LogP contribution in [0.25, 0.3) is 11.4 Å². The fourth-order valence-electron chi connectivity index (χ4n) is 1.63. The Kier molecular flexibility index (Phi) is 3.01. The van der Waals surface area contributed by atoms with E-state index in [1.807, 2.05) is 18.7 Å². The summed E-state index contributed by atoms with van der Waals surface area (Å²) in [6, 6.07) is 8.31. The zero-order chi connectivity index (χ0) is 11.5. The molecule has 0 saturated heterocycles. The van der Waals surface area contributed by atoms with Gasteiger partial charge in [0.2, 0.25) is 0 Å². The van der Waals surface area contributed by atoms with Gasteiger partial charge in [0.05, 0.1) is 6.54 Å². The van der Waals surface area contributed by atoms with Crippen molar-refractivity contribution in [2.24, 2.45) is 7.05 Å². The maximum absolute atomic E-state index is 4.21. The number of aromatic nitrogens is 3. The van der Waals surface area contributed by atoms with E-state index in [4.69, 9.17) is 0 Å². The van der Waals surface area contributed by atoms with Crippen LogP contribution in [0.3, 0.4) is 0 Å². The number of nitrogens with zero attached hydrogens (tertiary/aromatic N) is 3. The monoisotopic (exact) mass is 216 g/mol. The van der Waals surface area contributed by atoms with Gasteiger partial charge in [0.25, 0.3) is 0 Å². The van der Waals surface area contributed by atoms with Gasteiger partial charge in [-0.05, 0) is 14.0 Å². The zero-order valence-corrected chi connectivity index (χ0v) is 9.86. The van der Waals surface area contributed by atoms with Gasteiger partial charge in [-0.15, -0.1) is 10.2 Å². The topological polar surface area (TPSA) is 42.7 Å². The van der Waals surface area contributed by atoms with E-state index in [0.29, 0.717) is 0 Å². The minimum absolute atomic E-state index is 0.732. The highest BCUT2D eigenvalue weighted by molar-refractivity contribution is 5.55. The second-order valence-corrected chi connectivity index (χ2v) is 3.90. The Balaban J connectivity index is 2.37. The summed E-state index contributed by atoms with van der Waals surface area (Å²) >= 11 is 0. The Bertz CT molecular complexity index is 470. The van der Waals surface area contributed by atoms with Gasteiger partial charge in [0.1, 0.15) is 5.82 Å². The molecule has 4 heteroatoms. The van der Waals surface area contributed by atoms with Crippen molar-refractivity contribution in [1.82, 2.24) is 20.1 Å². The van der Waals surface area contributed by atoms with Crippen molar-refractivity contribution >= 4 is 0 Å². The molecule has 0 fully saturated rings. The molecule has 0 radical (unpaired) electrons. The Labute approximate surface area is 95.3 Å². The van der Waals surface area contributed by atoms with Crippen LogP contribution in [-0.2, 0) is 13.6 Å². The third kappa shape index (κ3) is 1.97. The summed E-state index contributed by atoms with van der Waals surface area (Å²) in [7, 11) is 3.89. The first-order valence-corrected chi connectivity index (χ1v) is 5.32. The molecule has 0 aliphatic heterocycles. The van der Waals surface area contributed by atoms with Crippen LogP contribution < -0.4 is 5.32 Å². The second kappa shape index (κ2) is 4.45. The minimum Gasteiger partial charge on any atom is -0.313 e. The van der Waals surface area contributed by atoms with Crippen molar-refractivity contribution in [3.63, 3.8) is 0 Å². The van der Waals surface area contributed by atoms with Crippen LogP contribution in [-0.4, -0.2) is 21.8 Å². The second-order valence-electron chi connectivity index (χ2n) is 3.90. The molecule has 0 atom stereocenters. The molecule has 1 aromatic heterocycles. The molecule has 84 valence electrons. The number of hydrogen-bond acceptors (Lipinski definition) is 3. The Morgan fingerprint density at radius 1 is 1.19 bits per heavy atom. The first kappa shape index (κ1) is 10.8. The molecule has 0 amide bonds. The van der Waals surface area contributed by atoms with Gasteiger partial charge in [-0.2, -0.15) is 0 Å². The average molecular weight is 216 g/mol. The van der Waals surface area contributed by atoms with Gasteiger partial charge in [-0.1, -0.05) is 29.8 Å². The number of nitrogens with one attached hydrogen (secondary N) is 1. The average Bonchev–Trinajstić information content (AvgIpc) is 2.63. The standard InChI is InChI=1S/C12H16N4/c1-9-4-6-10(7-5-9)12-15-14-11(8-13-2)16(12)3/h4-7,13H,8H2,1-3H3.